The zero-order valence-corrected chi connectivity index (χ0v) is 11.9. The van der Waals surface area contributed by atoms with Crippen LogP contribution in [-0.2, 0) is 4.84 Å². The van der Waals surface area contributed by atoms with E-state index in [1.165, 1.54) is 18.2 Å². The van der Waals surface area contributed by atoms with Crippen LogP contribution in [0.1, 0.15) is 38.1 Å². The number of rotatable bonds is 5. The number of nitro benzene ring substituents is 1. The quantitative estimate of drug-likeness (QED) is 0.661. The molecule has 0 saturated carbocycles. The van der Waals surface area contributed by atoms with E-state index in [0.717, 1.165) is 0 Å². The van der Waals surface area contributed by atoms with Crippen molar-refractivity contribution < 1.29 is 19.3 Å². The highest BCUT2D eigenvalue weighted by Crippen LogP contribution is 2.31. The van der Waals surface area contributed by atoms with Gasteiger partial charge in [-0.2, -0.15) is 0 Å². The zero-order chi connectivity index (χ0) is 15.3. The maximum absolute atomic E-state index is 12.0. The Morgan fingerprint density at radius 2 is 2.05 bits per heavy atom. The summed E-state index contributed by atoms with van der Waals surface area (Å²) in [4.78, 5) is 27.5. The molecule has 0 heterocycles. The molecule has 0 spiro atoms. The largest absolute Gasteiger partial charge is 0.487 e. The molecule has 1 N–H and O–H groups in total. The van der Waals surface area contributed by atoms with Crippen LogP contribution in [0.25, 0.3) is 0 Å². The van der Waals surface area contributed by atoms with Crippen molar-refractivity contribution in [2.75, 3.05) is 6.61 Å². The molecular formula is C13H18N2O5. The van der Waals surface area contributed by atoms with Gasteiger partial charge in [-0.1, -0.05) is 6.07 Å². The summed E-state index contributed by atoms with van der Waals surface area (Å²) in [6.45, 7) is 7.20. The maximum Gasteiger partial charge on any atom is 0.311 e. The number of hydrogen-bond acceptors (Lipinski definition) is 5. The number of nitrogens with zero attached hydrogens (tertiary/aromatic N) is 1. The van der Waals surface area contributed by atoms with Gasteiger partial charge in [-0.25, -0.2) is 5.48 Å². The average Bonchev–Trinajstić information content (AvgIpc) is 2.35. The average molecular weight is 282 g/mol. The number of nitro groups is 1. The van der Waals surface area contributed by atoms with Gasteiger partial charge in [0.15, 0.2) is 0 Å². The Labute approximate surface area is 117 Å². The van der Waals surface area contributed by atoms with Crippen LogP contribution < -0.4 is 10.2 Å². The molecule has 0 unspecified atom stereocenters. The van der Waals surface area contributed by atoms with Crippen molar-refractivity contribution in [1.82, 2.24) is 5.48 Å². The van der Waals surface area contributed by atoms with E-state index in [1.807, 2.05) is 0 Å². The van der Waals surface area contributed by atoms with Gasteiger partial charge in [0.25, 0.3) is 5.91 Å². The fraction of sp³-hybridized carbons (Fsp3) is 0.462. The number of carbonyl (C=O) groups is 1. The Hall–Kier alpha value is -2.15. The van der Waals surface area contributed by atoms with Crippen molar-refractivity contribution in [3.63, 3.8) is 0 Å². The third-order valence-corrected chi connectivity index (χ3v) is 2.17. The molecule has 20 heavy (non-hydrogen) atoms. The monoisotopic (exact) mass is 282 g/mol. The maximum atomic E-state index is 12.0. The first-order chi connectivity index (χ1) is 9.26. The lowest BCUT2D eigenvalue weighted by Crippen LogP contribution is -2.33. The molecule has 1 amide bonds. The summed E-state index contributed by atoms with van der Waals surface area (Å²) in [5, 5.41) is 11.0. The topological polar surface area (TPSA) is 90.7 Å². The highest BCUT2D eigenvalue weighted by atomic mass is 16.7. The second kappa shape index (κ2) is 6.33. The van der Waals surface area contributed by atoms with E-state index in [2.05, 4.69) is 5.48 Å². The summed E-state index contributed by atoms with van der Waals surface area (Å²) in [6, 6.07) is 4.15. The third kappa shape index (κ3) is 4.20. The molecule has 0 aliphatic carbocycles. The summed E-state index contributed by atoms with van der Waals surface area (Å²) < 4.78 is 5.22. The normalized spacial score (nSPS) is 11.0. The fourth-order valence-electron chi connectivity index (χ4n) is 1.40. The summed E-state index contributed by atoms with van der Waals surface area (Å²) in [5.74, 6) is -0.651. The molecule has 0 aromatic heterocycles. The minimum atomic E-state index is -0.591. The molecule has 0 saturated heterocycles. The van der Waals surface area contributed by atoms with Gasteiger partial charge in [0.2, 0.25) is 5.75 Å². The van der Waals surface area contributed by atoms with Crippen molar-refractivity contribution in [2.45, 2.75) is 33.3 Å². The molecule has 1 aromatic rings. The Kier molecular flexibility index (Phi) is 5.04. The van der Waals surface area contributed by atoms with E-state index in [-0.39, 0.29) is 23.6 Å². The van der Waals surface area contributed by atoms with E-state index < -0.39 is 16.4 Å². The number of ether oxygens (including phenoxy) is 1. The van der Waals surface area contributed by atoms with Gasteiger partial charge in [-0.15, -0.1) is 0 Å². The molecule has 1 rings (SSSR count). The van der Waals surface area contributed by atoms with Crippen molar-refractivity contribution in [2.24, 2.45) is 0 Å². The Morgan fingerprint density at radius 3 is 2.55 bits per heavy atom. The minimum absolute atomic E-state index is 0.0602. The lowest BCUT2D eigenvalue weighted by Gasteiger charge is -2.19. The zero-order valence-electron chi connectivity index (χ0n) is 11.9. The number of hydrogen-bond donors (Lipinski definition) is 1. The number of para-hydroxylation sites is 1. The third-order valence-electron chi connectivity index (χ3n) is 2.17. The second-order valence-electron chi connectivity index (χ2n) is 4.99. The van der Waals surface area contributed by atoms with Crippen LogP contribution in [0.4, 0.5) is 5.69 Å². The van der Waals surface area contributed by atoms with E-state index in [0.29, 0.717) is 0 Å². The predicted octanol–water partition coefficient (Wildman–Crippen LogP) is 2.45. The molecule has 7 nitrogen and oxygen atoms in total. The summed E-state index contributed by atoms with van der Waals surface area (Å²) in [5.41, 5.74) is 1.50. The number of benzene rings is 1. The first-order valence-corrected chi connectivity index (χ1v) is 6.15. The summed E-state index contributed by atoms with van der Waals surface area (Å²) >= 11 is 0. The van der Waals surface area contributed by atoms with Gasteiger partial charge in [-0.05, 0) is 33.8 Å². The molecule has 110 valence electrons. The van der Waals surface area contributed by atoms with Gasteiger partial charge < -0.3 is 4.74 Å². The number of carbonyl (C=O) groups excluding carboxylic acids is 1. The van der Waals surface area contributed by atoms with Gasteiger partial charge in [0.1, 0.15) is 0 Å². The molecule has 0 aliphatic rings. The Morgan fingerprint density at radius 1 is 1.40 bits per heavy atom. The standard InChI is InChI=1S/C13H18N2O5/c1-5-19-11-9(7-6-8-10(11)15(17)18)12(16)14-20-13(2,3)4/h6-8H,5H2,1-4H3,(H,14,16). The van der Waals surface area contributed by atoms with Crippen LogP contribution >= 0.6 is 0 Å². The van der Waals surface area contributed by atoms with E-state index in [4.69, 9.17) is 9.57 Å². The molecular weight excluding hydrogens is 264 g/mol. The van der Waals surface area contributed by atoms with Crippen LogP contribution in [0.5, 0.6) is 5.75 Å². The van der Waals surface area contributed by atoms with Crippen LogP contribution in [0.2, 0.25) is 0 Å². The van der Waals surface area contributed by atoms with Gasteiger partial charge in [0, 0.05) is 6.07 Å². The molecule has 0 atom stereocenters. The molecule has 0 aliphatic heterocycles. The van der Waals surface area contributed by atoms with E-state index >= 15 is 0 Å². The van der Waals surface area contributed by atoms with Crippen molar-refractivity contribution in [3.05, 3.63) is 33.9 Å². The Bertz CT molecular complexity index is 508. The minimum Gasteiger partial charge on any atom is -0.487 e. The lowest BCUT2D eigenvalue weighted by atomic mass is 10.1. The first-order valence-electron chi connectivity index (χ1n) is 6.15. The van der Waals surface area contributed by atoms with Crippen LogP contribution in [-0.4, -0.2) is 23.0 Å². The van der Waals surface area contributed by atoms with Crippen LogP contribution in [0, 0.1) is 10.1 Å². The number of amides is 1. The van der Waals surface area contributed by atoms with Crippen molar-refractivity contribution >= 4 is 11.6 Å². The van der Waals surface area contributed by atoms with Gasteiger partial charge in [-0.3, -0.25) is 19.7 Å². The molecule has 7 heteroatoms. The molecule has 1 aromatic carbocycles. The Balaban J connectivity index is 3.07. The second-order valence-corrected chi connectivity index (χ2v) is 4.99. The number of nitrogens with one attached hydrogen (secondary N) is 1. The first kappa shape index (κ1) is 15.9. The van der Waals surface area contributed by atoms with Crippen LogP contribution in [0.15, 0.2) is 18.2 Å². The predicted molar refractivity (Wildman–Crippen MR) is 72.6 cm³/mol. The summed E-state index contributed by atoms with van der Waals surface area (Å²) in [6.07, 6.45) is 0. The van der Waals surface area contributed by atoms with Crippen molar-refractivity contribution in [3.8, 4) is 5.75 Å². The summed E-state index contributed by atoms with van der Waals surface area (Å²) in [7, 11) is 0. The highest BCUT2D eigenvalue weighted by molar-refractivity contribution is 5.97. The highest BCUT2D eigenvalue weighted by Gasteiger charge is 2.24. The van der Waals surface area contributed by atoms with Gasteiger partial charge in [0.05, 0.1) is 22.7 Å². The van der Waals surface area contributed by atoms with E-state index in [1.54, 1.807) is 27.7 Å². The smallest absolute Gasteiger partial charge is 0.311 e. The molecule has 0 fully saturated rings. The van der Waals surface area contributed by atoms with E-state index in [9.17, 15) is 14.9 Å². The van der Waals surface area contributed by atoms with Gasteiger partial charge >= 0.3 is 5.69 Å². The number of hydroxylamine groups is 1. The lowest BCUT2D eigenvalue weighted by molar-refractivity contribution is -0.385. The molecule has 0 bridgehead atoms. The SMILES string of the molecule is CCOc1c(C(=O)NOC(C)(C)C)cccc1[N+](=O)[O-]. The fourth-order valence-corrected chi connectivity index (χ4v) is 1.40. The van der Waals surface area contributed by atoms with Crippen molar-refractivity contribution in [1.29, 1.82) is 0 Å². The molecule has 0 radical (unpaired) electrons. The van der Waals surface area contributed by atoms with Crippen LogP contribution in [0.3, 0.4) is 0 Å².